The van der Waals surface area contributed by atoms with E-state index in [0.717, 1.165) is 0 Å². The molecule has 0 radical (unpaired) electrons. The zero-order chi connectivity index (χ0) is 22.2. The molecule has 0 aromatic heterocycles. The van der Waals surface area contributed by atoms with Gasteiger partial charge in [0.15, 0.2) is 0 Å². The standard InChI is InChI=1S/C33H24/c1-23-16-17-28(32-15-7-11-25-9-3-5-13-30(25)32)22-33(23)27-20-18-26(19-21-27)31-14-6-10-24-8-2-4-12-29(24)31/h2-22H,1H3. The molecule has 0 heterocycles. The van der Waals surface area contributed by atoms with E-state index in [-0.39, 0.29) is 0 Å². The number of rotatable bonds is 3. The molecule has 0 aliphatic carbocycles. The molecule has 0 bridgehead atoms. The van der Waals surface area contributed by atoms with Crippen molar-refractivity contribution in [3.63, 3.8) is 0 Å². The van der Waals surface area contributed by atoms with Crippen molar-refractivity contribution in [3.05, 3.63) is 133 Å². The Morgan fingerprint density at radius 1 is 0.364 bits per heavy atom. The van der Waals surface area contributed by atoms with E-state index in [4.69, 9.17) is 0 Å². The smallest absolute Gasteiger partial charge is 0.0105 e. The molecule has 0 atom stereocenters. The van der Waals surface area contributed by atoms with Crippen LogP contribution < -0.4 is 0 Å². The highest BCUT2D eigenvalue weighted by Crippen LogP contribution is 2.35. The maximum Gasteiger partial charge on any atom is -0.0105 e. The van der Waals surface area contributed by atoms with Crippen LogP contribution in [0.4, 0.5) is 0 Å². The molecular formula is C33H24. The van der Waals surface area contributed by atoms with Gasteiger partial charge in [-0.1, -0.05) is 121 Å². The SMILES string of the molecule is Cc1ccc(-c2cccc3ccccc23)cc1-c1ccc(-c2cccc3ccccc23)cc1. The molecule has 0 N–H and O–H groups in total. The van der Waals surface area contributed by atoms with Crippen LogP contribution in [0.1, 0.15) is 5.56 Å². The van der Waals surface area contributed by atoms with Gasteiger partial charge in [-0.05, 0) is 73.5 Å². The average molecular weight is 421 g/mol. The molecule has 0 saturated carbocycles. The van der Waals surface area contributed by atoms with Crippen LogP contribution in [0, 0.1) is 6.92 Å². The van der Waals surface area contributed by atoms with Gasteiger partial charge in [-0.15, -0.1) is 0 Å². The van der Waals surface area contributed by atoms with E-state index in [1.54, 1.807) is 0 Å². The first-order chi connectivity index (χ1) is 16.3. The minimum atomic E-state index is 1.25. The number of hydrogen-bond acceptors (Lipinski definition) is 0. The van der Waals surface area contributed by atoms with E-state index in [0.29, 0.717) is 0 Å². The molecule has 0 unspecified atom stereocenters. The summed E-state index contributed by atoms with van der Waals surface area (Å²) in [5, 5.41) is 5.14. The third-order valence-corrected chi connectivity index (χ3v) is 6.63. The van der Waals surface area contributed by atoms with Crippen molar-refractivity contribution in [1.29, 1.82) is 0 Å². The van der Waals surface area contributed by atoms with Crippen LogP contribution in [0.25, 0.3) is 54.9 Å². The highest BCUT2D eigenvalue weighted by atomic mass is 14.1. The van der Waals surface area contributed by atoms with E-state index >= 15 is 0 Å². The summed E-state index contributed by atoms with van der Waals surface area (Å²) in [5.74, 6) is 0. The van der Waals surface area contributed by atoms with Gasteiger partial charge in [-0.25, -0.2) is 0 Å². The lowest BCUT2D eigenvalue weighted by Gasteiger charge is -2.13. The summed E-state index contributed by atoms with van der Waals surface area (Å²) in [7, 11) is 0. The minimum Gasteiger partial charge on any atom is -0.0616 e. The number of benzene rings is 6. The highest BCUT2D eigenvalue weighted by molar-refractivity contribution is 5.98. The lowest BCUT2D eigenvalue weighted by atomic mass is 9.91. The molecule has 6 aromatic carbocycles. The third-order valence-electron chi connectivity index (χ3n) is 6.63. The molecule has 6 aromatic rings. The fourth-order valence-electron chi connectivity index (χ4n) is 4.88. The molecule has 0 nitrogen and oxygen atoms in total. The quantitative estimate of drug-likeness (QED) is 0.267. The zero-order valence-electron chi connectivity index (χ0n) is 18.6. The second-order valence-corrected chi connectivity index (χ2v) is 8.66. The van der Waals surface area contributed by atoms with Gasteiger partial charge < -0.3 is 0 Å². The Bertz CT molecular complexity index is 1590. The van der Waals surface area contributed by atoms with Gasteiger partial charge in [0, 0.05) is 0 Å². The van der Waals surface area contributed by atoms with E-state index < -0.39 is 0 Å². The maximum atomic E-state index is 2.34. The molecule has 0 spiro atoms. The summed E-state index contributed by atoms with van der Waals surface area (Å²) >= 11 is 0. The van der Waals surface area contributed by atoms with Crippen LogP contribution >= 0.6 is 0 Å². The van der Waals surface area contributed by atoms with Crippen molar-refractivity contribution >= 4 is 21.5 Å². The Morgan fingerprint density at radius 2 is 0.818 bits per heavy atom. The van der Waals surface area contributed by atoms with Gasteiger partial charge in [0.1, 0.15) is 0 Å². The molecule has 6 rings (SSSR count). The van der Waals surface area contributed by atoms with Crippen LogP contribution in [-0.2, 0) is 0 Å². The van der Waals surface area contributed by atoms with Crippen molar-refractivity contribution < 1.29 is 0 Å². The number of fused-ring (bicyclic) bond motifs is 2. The molecule has 156 valence electrons. The van der Waals surface area contributed by atoms with Crippen molar-refractivity contribution in [2.75, 3.05) is 0 Å². The molecule has 0 aliphatic rings. The Balaban J connectivity index is 1.43. The Hall–Kier alpha value is -4.16. The lowest BCUT2D eigenvalue weighted by Crippen LogP contribution is -1.88. The molecule has 0 saturated heterocycles. The van der Waals surface area contributed by atoms with Crippen molar-refractivity contribution in [2.24, 2.45) is 0 Å². The molecule has 0 amide bonds. The fourth-order valence-corrected chi connectivity index (χ4v) is 4.88. The first-order valence-electron chi connectivity index (χ1n) is 11.5. The minimum absolute atomic E-state index is 1.25. The molecule has 0 aliphatic heterocycles. The van der Waals surface area contributed by atoms with Crippen LogP contribution in [-0.4, -0.2) is 0 Å². The second kappa shape index (κ2) is 8.07. The van der Waals surface area contributed by atoms with Crippen LogP contribution in [0.5, 0.6) is 0 Å². The third kappa shape index (κ3) is 3.50. The first-order valence-corrected chi connectivity index (χ1v) is 11.5. The second-order valence-electron chi connectivity index (χ2n) is 8.66. The van der Waals surface area contributed by atoms with Crippen molar-refractivity contribution in [3.8, 4) is 33.4 Å². The van der Waals surface area contributed by atoms with Gasteiger partial charge in [0.2, 0.25) is 0 Å². The maximum absolute atomic E-state index is 2.34. The van der Waals surface area contributed by atoms with Gasteiger partial charge in [-0.3, -0.25) is 0 Å². The van der Waals surface area contributed by atoms with Gasteiger partial charge in [0.25, 0.3) is 0 Å². The summed E-state index contributed by atoms with van der Waals surface area (Å²) in [5.41, 5.74) is 8.88. The van der Waals surface area contributed by atoms with Gasteiger partial charge in [0.05, 0.1) is 0 Å². The lowest BCUT2D eigenvalue weighted by molar-refractivity contribution is 1.46. The summed E-state index contributed by atoms with van der Waals surface area (Å²) < 4.78 is 0. The number of hydrogen-bond donors (Lipinski definition) is 0. The number of aryl methyl sites for hydroxylation is 1. The zero-order valence-corrected chi connectivity index (χ0v) is 18.6. The molecule has 0 fully saturated rings. The van der Waals surface area contributed by atoms with E-state index in [1.807, 2.05) is 0 Å². The molecular weight excluding hydrogens is 396 g/mol. The van der Waals surface area contributed by atoms with E-state index in [2.05, 4.69) is 134 Å². The van der Waals surface area contributed by atoms with Crippen molar-refractivity contribution in [2.45, 2.75) is 6.92 Å². The molecule has 0 heteroatoms. The largest absolute Gasteiger partial charge is 0.0616 e. The summed E-state index contributed by atoms with van der Waals surface area (Å²) in [6, 6.07) is 46.1. The molecule has 33 heavy (non-hydrogen) atoms. The monoisotopic (exact) mass is 420 g/mol. The van der Waals surface area contributed by atoms with Gasteiger partial charge >= 0.3 is 0 Å². The first kappa shape index (κ1) is 19.5. The Kier molecular flexibility index (Phi) is 4.78. The fraction of sp³-hybridized carbons (Fsp3) is 0.0303. The Labute approximate surface area is 194 Å². The van der Waals surface area contributed by atoms with Crippen LogP contribution in [0.2, 0.25) is 0 Å². The predicted molar refractivity (Wildman–Crippen MR) is 142 cm³/mol. The van der Waals surface area contributed by atoms with Crippen molar-refractivity contribution in [1.82, 2.24) is 0 Å². The summed E-state index contributed by atoms with van der Waals surface area (Å²) in [6.45, 7) is 2.20. The van der Waals surface area contributed by atoms with Gasteiger partial charge in [-0.2, -0.15) is 0 Å². The van der Waals surface area contributed by atoms with Crippen LogP contribution in [0.15, 0.2) is 127 Å². The predicted octanol–water partition coefficient (Wildman–Crippen LogP) is 9.30. The van der Waals surface area contributed by atoms with E-state index in [1.165, 1.54) is 60.5 Å². The Morgan fingerprint density at radius 3 is 1.42 bits per heavy atom. The van der Waals surface area contributed by atoms with E-state index in [9.17, 15) is 0 Å². The highest BCUT2D eigenvalue weighted by Gasteiger charge is 2.09. The summed E-state index contributed by atoms with van der Waals surface area (Å²) in [4.78, 5) is 0. The topological polar surface area (TPSA) is 0 Å². The average Bonchev–Trinajstić information content (AvgIpc) is 2.88. The normalized spacial score (nSPS) is 11.2. The summed E-state index contributed by atoms with van der Waals surface area (Å²) in [6.07, 6.45) is 0. The van der Waals surface area contributed by atoms with Crippen LogP contribution in [0.3, 0.4) is 0 Å².